The second kappa shape index (κ2) is 16.7. The van der Waals surface area contributed by atoms with Gasteiger partial charge in [0.15, 0.2) is 11.6 Å². The average molecular weight is 653 g/mol. The molecule has 2 N–H and O–H groups in total. The molecule has 3 aromatic rings. The minimum absolute atomic E-state index is 0.00325. The lowest BCUT2D eigenvalue weighted by Crippen LogP contribution is -2.29. The number of hydrogen-bond acceptors (Lipinski definition) is 9. The van der Waals surface area contributed by atoms with E-state index in [1.807, 2.05) is 28.1 Å². The quantitative estimate of drug-likeness (QED) is 0.233. The first-order valence-corrected chi connectivity index (χ1v) is 17.4. The Balaban J connectivity index is 0.000000254. The van der Waals surface area contributed by atoms with Gasteiger partial charge in [0.1, 0.15) is 0 Å². The molecule has 0 bridgehead atoms. The van der Waals surface area contributed by atoms with Gasteiger partial charge in [-0.1, -0.05) is 0 Å². The van der Waals surface area contributed by atoms with E-state index in [1.165, 1.54) is 24.3 Å². The number of alkyl halides is 1. The maximum atomic E-state index is 12.2. The third-order valence-electron chi connectivity index (χ3n) is 5.67. The number of aryl methyl sites for hydroxylation is 1. The largest absolute Gasteiger partial charge is 0.359 e. The van der Waals surface area contributed by atoms with E-state index in [2.05, 4.69) is 33.2 Å². The highest BCUT2D eigenvalue weighted by Crippen LogP contribution is 2.14. The van der Waals surface area contributed by atoms with Crippen LogP contribution in [0.2, 0.25) is 0 Å². The molecule has 0 atom stereocenters. The molecule has 0 saturated carbocycles. The molecule has 0 spiro atoms. The SMILES string of the molecule is CCN1C=CN(CC(=O)c2ccc(NS(C)(=O)=O)cc2)C1.CCn1ccnc1.CS(=O)(=O)Nc1ccc(C(=O)CCl)cc1. The van der Waals surface area contributed by atoms with Crippen LogP contribution in [0.1, 0.15) is 34.6 Å². The van der Waals surface area contributed by atoms with Crippen LogP contribution in [0.5, 0.6) is 0 Å². The van der Waals surface area contributed by atoms with Gasteiger partial charge in [0, 0.05) is 60.4 Å². The molecule has 1 aliphatic heterocycles. The molecule has 1 aromatic heterocycles. The maximum Gasteiger partial charge on any atom is 0.229 e. The summed E-state index contributed by atoms with van der Waals surface area (Å²) in [6.07, 6.45) is 11.5. The first-order valence-electron chi connectivity index (χ1n) is 13.1. The zero-order chi connectivity index (χ0) is 32.0. The van der Waals surface area contributed by atoms with Crippen LogP contribution < -0.4 is 9.44 Å². The van der Waals surface area contributed by atoms with Gasteiger partial charge in [-0.2, -0.15) is 0 Å². The average Bonchev–Trinajstić information content (AvgIpc) is 3.65. The summed E-state index contributed by atoms with van der Waals surface area (Å²) in [7, 11) is -6.57. The van der Waals surface area contributed by atoms with E-state index in [0.717, 1.165) is 32.3 Å². The molecule has 0 radical (unpaired) electrons. The summed E-state index contributed by atoms with van der Waals surface area (Å²) < 4.78 is 50.7. The Labute approximate surface area is 258 Å². The fourth-order valence-corrected chi connectivity index (χ4v) is 4.81. The van der Waals surface area contributed by atoms with Gasteiger partial charge >= 0.3 is 0 Å². The van der Waals surface area contributed by atoms with Crippen molar-refractivity contribution >= 4 is 54.6 Å². The molecule has 1 aliphatic rings. The number of carbonyl (C=O) groups is 2. The number of Topliss-reactive ketones (excluding diaryl/α,β-unsaturated/α-hetero) is 2. The zero-order valence-corrected chi connectivity index (χ0v) is 26.9. The Morgan fingerprint density at radius 2 is 1.28 bits per heavy atom. The van der Waals surface area contributed by atoms with Crippen molar-refractivity contribution in [2.24, 2.45) is 0 Å². The predicted octanol–water partition coefficient (Wildman–Crippen LogP) is 3.69. The summed E-state index contributed by atoms with van der Waals surface area (Å²) >= 11 is 5.37. The number of carbonyl (C=O) groups excluding carboxylic acids is 2. The molecule has 15 heteroatoms. The van der Waals surface area contributed by atoms with Gasteiger partial charge in [-0.15, -0.1) is 11.6 Å². The third kappa shape index (κ3) is 13.8. The minimum Gasteiger partial charge on any atom is -0.359 e. The Hall–Kier alpha value is -3.88. The number of nitrogens with zero attached hydrogens (tertiary/aromatic N) is 4. The van der Waals surface area contributed by atoms with Crippen molar-refractivity contribution in [3.05, 3.63) is 90.8 Å². The van der Waals surface area contributed by atoms with Gasteiger partial charge in [0.05, 0.1) is 37.9 Å². The van der Waals surface area contributed by atoms with Crippen LogP contribution in [0.3, 0.4) is 0 Å². The Kier molecular flexibility index (Phi) is 13.7. The van der Waals surface area contributed by atoms with E-state index in [-0.39, 0.29) is 17.4 Å². The summed E-state index contributed by atoms with van der Waals surface area (Å²) in [6.45, 7) is 7.10. The molecule has 0 amide bonds. The van der Waals surface area contributed by atoms with Crippen LogP contribution in [0.4, 0.5) is 11.4 Å². The van der Waals surface area contributed by atoms with Gasteiger partial charge in [0.2, 0.25) is 20.0 Å². The lowest BCUT2D eigenvalue weighted by atomic mass is 10.1. The maximum absolute atomic E-state index is 12.2. The van der Waals surface area contributed by atoms with Crippen molar-refractivity contribution in [2.75, 3.05) is 47.6 Å². The standard InChI is InChI=1S/C14H19N3O3S.C9H10ClNO3S.C5H8N2/c1-3-16-8-9-17(11-16)10-14(18)12-4-6-13(7-5-12)15-21(2,19)20;1-15(13,14)11-8-4-2-7(3-5-8)9(12)6-10;1-2-7-4-3-6-5-7/h4-9,15H,3,10-11H2,1-2H3;2-5,11H,6H2,1H3;3-5H,2H2,1H3. The highest BCUT2D eigenvalue weighted by Gasteiger charge is 2.15. The lowest BCUT2D eigenvalue weighted by Gasteiger charge is -2.19. The van der Waals surface area contributed by atoms with Crippen LogP contribution in [0, 0.1) is 0 Å². The first kappa shape index (κ1) is 35.3. The predicted molar refractivity (Wildman–Crippen MR) is 170 cm³/mol. The molecule has 2 aromatic carbocycles. The number of anilines is 2. The second-order valence-corrected chi connectivity index (χ2v) is 13.1. The topological polar surface area (TPSA) is 151 Å². The molecule has 234 valence electrons. The molecule has 4 rings (SSSR count). The number of hydrogen-bond donors (Lipinski definition) is 2. The summed E-state index contributed by atoms with van der Waals surface area (Å²) in [5.41, 5.74) is 1.90. The zero-order valence-electron chi connectivity index (χ0n) is 24.5. The monoisotopic (exact) mass is 652 g/mol. The molecule has 2 heterocycles. The highest BCUT2D eigenvalue weighted by molar-refractivity contribution is 7.92. The first-order chi connectivity index (χ1) is 20.2. The third-order valence-corrected chi connectivity index (χ3v) is 7.13. The van der Waals surface area contributed by atoms with Crippen molar-refractivity contribution in [3.8, 4) is 0 Å². The summed E-state index contributed by atoms with van der Waals surface area (Å²) in [6, 6.07) is 12.5. The number of aromatic nitrogens is 2. The number of ketones is 2. The van der Waals surface area contributed by atoms with E-state index in [1.54, 1.807) is 36.8 Å². The van der Waals surface area contributed by atoms with E-state index in [9.17, 15) is 26.4 Å². The molecule has 43 heavy (non-hydrogen) atoms. The molecule has 0 saturated heterocycles. The van der Waals surface area contributed by atoms with Crippen LogP contribution in [0.25, 0.3) is 0 Å². The molecular weight excluding hydrogens is 616 g/mol. The fraction of sp³-hybridized carbons (Fsp3) is 0.321. The highest BCUT2D eigenvalue weighted by atomic mass is 35.5. The van der Waals surface area contributed by atoms with Gasteiger partial charge < -0.3 is 14.4 Å². The van der Waals surface area contributed by atoms with E-state index >= 15 is 0 Å². The molecule has 0 unspecified atom stereocenters. The normalized spacial score (nSPS) is 12.5. The van der Waals surface area contributed by atoms with Crippen LogP contribution >= 0.6 is 11.6 Å². The molecule has 0 aliphatic carbocycles. The van der Waals surface area contributed by atoms with Crippen molar-refractivity contribution in [1.29, 1.82) is 0 Å². The summed E-state index contributed by atoms with van der Waals surface area (Å²) in [5, 5.41) is 0. The number of rotatable bonds is 11. The van der Waals surface area contributed by atoms with Crippen LogP contribution in [-0.4, -0.2) is 85.9 Å². The fourth-order valence-electron chi connectivity index (χ4n) is 3.53. The molecular formula is C28H37ClN6O6S2. The van der Waals surface area contributed by atoms with Crippen molar-refractivity contribution in [2.45, 2.75) is 20.4 Å². The minimum atomic E-state index is -3.30. The molecule has 0 fully saturated rings. The number of imidazole rings is 1. The Morgan fingerprint density at radius 3 is 1.63 bits per heavy atom. The number of sulfonamides is 2. The lowest BCUT2D eigenvalue weighted by molar-refractivity contribution is 0.0945. The van der Waals surface area contributed by atoms with Crippen molar-refractivity contribution < 1.29 is 26.4 Å². The van der Waals surface area contributed by atoms with Crippen molar-refractivity contribution in [1.82, 2.24) is 19.4 Å². The second-order valence-electron chi connectivity index (χ2n) is 9.37. The summed E-state index contributed by atoms with van der Waals surface area (Å²) in [5.74, 6) is -0.273. The summed E-state index contributed by atoms with van der Waals surface area (Å²) in [4.78, 5) is 31.2. The number of nitrogens with one attached hydrogen (secondary N) is 2. The van der Waals surface area contributed by atoms with Crippen LogP contribution in [-0.2, 0) is 26.6 Å². The van der Waals surface area contributed by atoms with Gasteiger partial charge in [-0.25, -0.2) is 21.8 Å². The Bertz CT molecular complexity index is 1560. The van der Waals surface area contributed by atoms with Gasteiger partial charge in [-0.3, -0.25) is 19.0 Å². The van der Waals surface area contributed by atoms with Crippen LogP contribution in [0.15, 0.2) is 79.7 Å². The van der Waals surface area contributed by atoms with E-state index in [0.29, 0.717) is 29.0 Å². The number of halogens is 1. The van der Waals surface area contributed by atoms with E-state index in [4.69, 9.17) is 11.6 Å². The van der Waals surface area contributed by atoms with E-state index < -0.39 is 20.0 Å². The van der Waals surface area contributed by atoms with Crippen molar-refractivity contribution in [3.63, 3.8) is 0 Å². The Morgan fingerprint density at radius 1 is 0.791 bits per heavy atom. The smallest absolute Gasteiger partial charge is 0.229 e. The van der Waals surface area contributed by atoms with Gasteiger partial charge in [0.25, 0.3) is 0 Å². The molecule has 12 nitrogen and oxygen atoms in total. The van der Waals surface area contributed by atoms with Gasteiger partial charge in [-0.05, 0) is 62.4 Å². The number of benzene rings is 2.